The summed E-state index contributed by atoms with van der Waals surface area (Å²) in [5.74, 6) is -6.59. The number of carbonyl (C=O) groups is 9. The molecular formula is C59H80N8O11. The predicted octanol–water partition coefficient (Wildman–Crippen LogP) is 5.02. The van der Waals surface area contributed by atoms with Gasteiger partial charge >= 0.3 is 12.1 Å². The van der Waals surface area contributed by atoms with E-state index in [9.17, 15) is 43.2 Å². The van der Waals surface area contributed by atoms with Gasteiger partial charge in [0.2, 0.25) is 41.4 Å². The number of ether oxygens (including phenoxy) is 2. The summed E-state index contributed by atoms with van der Waals surface area (Å²) in [5, 5.41) is 13.9. The third-order valence-electron chi connectivity index (χ3n) is 14.7. The van der Waals surface area contributed by atoms with E-state index >= 15 is 0 Å². The summed E-state index contributed by atoms with van der Waals surface area (Å²) in [6.07, 6.45) is 0.791. The second kappa shape index (κ2) is 26.8. The molecule has 78 heavy (non-hydrogen) atoms. The van der Waals surface area contributed by atoms with Gasteiger partial charge in [0.1, 0.15) is 54.5 Å². The summed E-state index contributed by atoms with van der Waals surface area (Å²) in [5.41, 5.74) is 9.67. The summed E-state index contributed by atoms with van der Waals surface area (Å²) < 4.78 is 11.4. The maximum atomic E-state index is 14.6. The first-order chi connectivity index (χ1) is 37.0. The number of hydrogen-bond donors (Lipinski definition) is 6. The second-order valence-corrected chi connectivity index (χ2v) is 22.6. The monoisotopic (exact) mass is 1080 g/mol. The molecule has 2 fully saturated rings. The van der Waals surface area contributed by atoms with Crippen molar-refractivity contribution in [1.82, 2.24) is 36.4 Å². The molecule has 0 bridgehead atoms. The molecule has 0 unspecified atom stereocenters. The zero-order valence-electron chi connectivity index (χ0n) is 46.6. The molecule has 0 spiro atoms. The highest BCUT2D eigenvalue weighted by atomic mass is 16.6. The summed E-state index contributed by atoms with van der Waals surface area (Å²) in [6, 6.07) is 16.6. The lowest BCUT2D eigenvalue weighted by atomic mass is 9.95. The number of rotatable bonds is 23. The first-order valence-electron chi connectivity index (χ1n) is 27.5. The Morgan fingerprint density at radius 1 is 0.641 bits per heavy atom. The number of carbonyl (C=O) groups excluding carboxylic acids is 9. The molecule has 2 saturated heterocycles. The van der Waals surface area contributed by atoms with E-state index in [0.29, 0.717) is 37.8 Å². The average Bonchev–Trinajstić information content (AvgIpc) is 4.23. The normalized spacial score (nSPS) is 18.3. The molecule has 3 aromatic carbocycles. The minimum absolute atomic E-state index is 0.00295. The lowest BCUT2D eigenvalue weighted by Gasteiger charge is -2.33. The molecule has 0 saturated carbocycles. The number of nitrogens with two attached hydrogens (primary N) is 1. The first kappa shape index (κ1) is 59.9. The molecule has 3 aliphatic rings. The van der Waals surface area contributed by atoms with Crippen molar-refractivity contribution in [3.63, 3.8) is 0 Å². The Morgan fingerprint density at radius 3 is 1.74 bits per heavy atom. The number of fused-ring (bicyclic) bond motifs is 3. The number of benzene rings is 3. The van der Waals surface area contributed by atoms with Gasteiger partial charge in [-0.3, -0.25) is 33.6 Å². The fourth-order valence-corrected chi connectivity index (χ4v) is 10.6. The number of likely N-dealkylation sites (tertiary alicyclic amines) is 2. The van der Waals surface area contributed by atoms with Crippen LogP contribution in [0, 0.1) is 17.8 Å². The SMILES string of the molecule is CC[C@H](C)[C@H](NC(=O)[C@H](Cc1ccccc1)NC(=O)[C@@H]1CCCN1C(=O)[C@H](CC(N)=O)NC(=O)[C@@H](NC(=O)OCC1c2ccccc2-c2ccccc21)C(C)C)C(=O)N[C@@H](CC(C)C)C(=O)N1CCC[C@H]1C(=O)OC(C)(C)C. The van der Waals surface area contributed by atoms with Crippen LogP contribution >= 0.6 is 0 Å². The zero-order chi connectivity index (χ0) is 57.0. The van der Waals surface area contributed by atoms with Gasteiger partial charge in [0.15, 0.2) is 0 Å². The highest BCUT2D eigenvalue weighted by Gasteiger charge is 2.43. The van der Waals surface area contributed by atoms with Crippen LogP contribution in [-0.2, 0) is 54.3 Å². The van der Waals surface area contributed by atoms with Crippen molar-refractivity contribution in [3.05, 3.63) is 95.6 Å². The Bertz CT molecular complexity index is 2610. The van der Waals surface area contributed by atoms with Crippen molar-refractivity contribution >= 4 is 53.4 Å². The number of nitrogens with zero attached hydrogens (tertiary/aromatic N) is 2. The van der Waals surface area contributed by atoms with Crippen LogP contribution in [0.25, 0.3) is 11.1 Å². The van der Waals surface area contributed by atoms with Gasteiger partial charge in [-0.25, -0.2) is 9.59 Å². The molecule has 19 nitrogen and oxygen atoms in total. The van der Waals surface area contributed by atoms with Gasteiger partial charge in [-0.15, -0.1) is 0 Å². The van der Waals surface area contributed by atoms with E-state index in [1.807, 2.05) is 69.3 Å². The largest absolute Gasteiger partial charge is 0.458 e. The Kier molecular flexibility index (Phi) is 20.6. The van der Waals surface area contributed by atoms with Gasteiger partial charge in [0.05, 0.1) is 6.42 Å². The van der Waals surface area contributed by atoms with Crippen LogP contribution < -0.4 is 32.3 Å². The van der Waals surface area contributed by atoms with Crippen molar-refractivity contribution in [3.8, 4) is 11.1 Å². The molecule has 2 aliphatic heterocycles. The van der Waals surface area contributed by atoms with E-state index in [-0.39, 0.29) is 44.2 Å². The number of alkyl carbamates (subject to hydrolysis) is 1. The summed E-state index contributed by atoms with van der Waals surface area (Å²) in [6.45, 7) is 16.5. The van der Waals surface area contributed by atoms with E-state index in [1.165, 1.54) is 9.80 Å². The minimum atomic E-state index is -1.52. The predicted molar refractivity (Wildman–Crippen MR) is 293 cm³/mol. The maximum absolute atomic E-state index is 14.6. The van der Waals surface area contributed by atoms with E-state index < -0.39 is 120 Å². The number of hydrogen-bond acceptors (Lipinski definition) is 11. The standard InChI is InChI=1S/C59H80N8O11/c1-10-36(6)50(54(72)62-44(30-34(2)3)55(73)67-29-19-27-47(67)57(75)78-59(7,8)9)64-51(69)43(31-37-20-12-11-13-21-37)61-52(70)46-26-18-28-66(46)56(74)45(32-48(60)68)63-53(71)49(35(4)5)65-58(76)77-33-42-40-24-16-14-22-38(40)39-23-15-17-25-41(39)42/h11-17,20-25,34-36,42-47,49-50H,10,18-19,26-33H2,1-9H3,(H2,60,68)(H,61,70)(H,62,72)(H,63,71)(H,64,69)(H,65,76)/t36-,43-,44-,45-,46-,47-,49-,50-/m0/s1. The molecule has 3 aromatic rings. The maximum Gasteiger partial charge on any atom is 0.407 e. The fraction of sp³-hybridized carbons (Fsp3) is 0.542. The summed E-state index contributed by atoms with van der Waals surface area (Å²) >= 11 is 0. The quantitative estimate of drug-likeness (QED) is 0.0687. The number of amides is 8. The van der Waals surface area contributed by atoms with Gasteiger partial charge in [0.25, 0.3) is 0 Å². The highest BCUT2D eigenvalue weighted by Crippen LogP contribution is 2.44. The third-order valence-corrected chi connectivity index (χ3v) is 14.7. The Hall–Kier alpha value is -7.31. The third kappa shape index (κ3) is 15.5. The smallest absolute Gasteiger partial charge is 0.407 e. The van der Waals surface area contributed by atoms with Crippen LogP contribution in [0.3, 0.4) is 0 Å². The topological polar surface area (TPSA) is 265 Å². The Morgan fingerprint density at radius 2 is 1.18 bits per heavy atom. The van der Waals surface area contributed by atoms with Crippen LogP contribution in [0.4, 0.5) is 4.79 Å². The molecular weight excluding hydrogens is 997 g/mol. The second-order valence-electron chi connectivity index (χ2n) is 22.6. The molecule has 7 N–H and O–H groups in total. The van der Waals surface area contributed by atoms with Crippen molar-refractivity contribution in [1.29, 1.82) is 0 Å². The van der Waals surface area contributed by atoms with Crippen molar-refractivity contribution < 1.29 is 52.6 Å². The molecule has 1 aliphatic carbocycles. The van der Waals surface area contributed by atoms with Crippen LogP contribution in [0.1, 0.15) is 130 Å². The molecule has 2 heterocycles. The number of nitrogens with one attached hydrogen (secondary N) is 5. The summed E-state index contributed by atoms with van der Waals surface area (Å²) in [7, 11) is 0. The minimum Gasteiger partial charge on any atom is -0.458 e. The van der Waals surface area contributed by atoms with Crippen LogP contribution in [-0.4, -0.2) is 131 Å². The van der Waals surface area contributed by atoms with Gasteiger partial charge in [-0.2, -0.15) is 0 Å². The van der Waals surface area contributed by atoms with E-state index in [1.54, 1.807) is 71.9 Å². The lowest BCUT2D eigenvalue weighted by Crippen LogP contribution is -2.61. The highest BCUT2D eigenvalue weighted by molar-refractivity contribution is 5.99. The average molecular weight is 1080 g/mol. The first-order valence-corrected chi connectivity index (χ1v) is 27.5. The van der Waals surface area contributed by atoms with Gasteiger partial charge in [-0.05, 0) is 98.4 Å². The Labute approximate surface area is 458 Å². The van der Waals surface area contributed by atoms with Crippen molar-refractivity contribution in [2.75, 3.05) is 19.7 Å². The molecule has 6 rings (SSSR count). The fourth-order valence-electron chi connectivity index (χ4n) is 10.6. The molecule has 0 radical (unpaired) electrons. The van der Waals surface area contributed by atoms with E-state index in [0.717, 1.165) is 22.3 Å². The lowest BCUT2D eigenvalue weighted by molar-refractivity contribution is -0.163. The van der Waals surface area contributed by atoms with E-state index in [4.69, 9.17) is 15.2 Å². The number of primary amides is 1. The Balaban J connectivity index is 1.14. The van der Waals surface area contributed by atoms with Crippen LogP contribution in [0.5, 0.6) is 0 Å². The zero-order valence-corrected chi connectivity index (χ0v) is 46.6. The van der Waals surface area contributed by atoms with Crippen LogP contribution in [0.15, 0.2) is 78.9 Å². The van der Waals surface area contributed by atoms with Crippen LogP contribution in [0.2, 0.25) is 0 Å². The van der Waals surface area contributed by atoms with Crippen molar-refractivity contribution in [2.24, 2.45) is 23.5 Å². The molecule has 0 aromatic heterocycles. The van der Waals surface area contributed by atoms with E-state index in [2.05, 4.69) is 26.6 Å². The number of esters is 1. The summed E-state index contributed by atoms with van der Waals surface area (Å²) in [4.78, 5) is 128. The van der Waals surface area contributed by atoms with Gasteiger partial charge in [0, 0.05) is 25.4 Å². The molecule has 422 valence electrons. The molecule has 8 atom stereocenters. The molecule has 8 amide bonds. The van der Waals surface area contributed by atoms with Gasteiger partial charge < -0.3 is 51.6 Å². The van der Waals surface area contributed by atoms with Crippen molar-refractivity contribution in [2.45, 2.75) is 167 Å². The van der Waals surface area contributed by atoms with Gasteiger partial charge in [-0.1, -0.05) is 127 Å². The molecule has 19 heteroatoms.